The number of amides is 1. The Morgan fingerprint density at radius 2 is 2.10 bits per heavy atom. The van der Waals surface area contributed by atoms with Gasteiger partial charge >= 0.3 is 5.97 Å². The maximum atomic E-state index is 12.4. The Bertz CT molecular complexity index is 352. The van der Waals surface area contributed by atoms with E-state index in [4.69, 9.17) is 4.74 Å². The lowest BCUT2D eigenvalue weighted by Crippen LogP contribution is -2.50. The molecular weight excluding hydrogens is 258 g/mol. The minimum Gasteiger partial charge on any atom is -0.480 e. The van der Waals surface area contributed by atoms with Gasteiger partial charge in [-0.25, -0.2) is 4.79 Å². The highest BCUT2D eigenvalue weighted by molar-refractivity contribution is 5.84. The summed E-state index contributed by atoms with van der Waals surface area (Å²) in [5.74, 6) is -0.508. The van der Waals surface area contributed by atoms with Gasteiger partial charge < -0.3 is 14.7 Å². The molecule has 0 spiro atoms. The zero-order chi connectivity index (χ0) is 14.5. The first-order chi connectivity index (χ1) is 9.61. The maximum Gasteiger partial charge on any atom is 0.326 e. The van der Waals surface area contributed by atoms with Crippen LogP contribution in [-0.2, 0) is 14.3 Å². The third-order valence-electron chi connectivity index (χ3n) is 4.57. The first-order valence-corrected chi connectivity index (χ1v) is 7.75. The Balaban J connectivity index is 1.94. The fraction of sp³-hybridized carbons (Fsp3) is 0.867. The number of nitrogens with zero attached hydrogens (tertiary/aromatic N) is 1. The van der Waals surface area contributed by atoms with E-state index in [1.165, 1.54) is 0 Å². The molecule has 20 heavy (non-hydrogen) atoms. The van der Waals surface area contributed by atoms with E-state index in [1.54, 1.807) is 4.90 Å². The van der Waals surface area contributed by atoms with E-state index in [9.17, 15) is 14.7 Å². The molecule has 2 rings (SSSR count). The number of ether oxygens (including phenoxy) is 1. The van der Waals surface area contributed by atoms with Crippen LogP contribution in [0.4, 0.5) is 0 Å². The lowest BCUT2D eigenvalue weighted by Gasteiger charge is -2.37. The van der Waals surface area contributed by atoms with Crippen LogP contribution in [0.2, 0.25) is 0 Å². The molecule has 2 aliphatic rings. The molecule has 0 saturated carbocycles. The van der Waals surface area contributed by atoms with E-state index < -0.39 is 12.0 Å². The quantitative estimate of drug-likeness (QED) is 0.857. The monoisotopic (exact) mass is 283 g/mol. The van der Waals surface area contributed by atoms with Gasteiger partial charge in [0.15, 0.2) is 0 Å². The molecule has 114 valence electrons. The van der Waals surface area contributed by atoms with Crippen LogP contribution in [0, 0.1) is 5.92 Å². The molecule has 2 heterocycles. The van der Waals surface area contributed by atoms with Crippen molar-refractivity contribution >= 4 is 11.9 Å². The molecule has 0 aliphatic carbocycles. The highest BCUT2D eigenvalue weighted by Crippen LogP contribution is 2.27. The molecule has 1 amide bonds. The summed E-state index contributed by atoms with van der Waals surface area (Å²) in [6.45, 7) is 3.37. The summed E-state index contributed by atoms with van der Waals surface area (Å²) in [4.78, 5) is 25.3. The molecular formula is C15H25NO4. The largest absolute Gasteiger partial charge is 0.480 e. The fourth-order valence-corrected chi connectivity index (χ4v) is 3.22. The molecule has 0 aromatic carbocycles. The SMILES string of the molecule is CCC1CCN(C(=O)CC2CCCCO2)C(C(=O)O)C1. The van der Waals surface area contributed by atoms with Crippen LogP contribution < -0.4 is 0 Å². The van der Waals surface area contributed by atoms with Crippen molar-refractivity contribution in [3.63, 3.8) is 0 Å². The Hall–Kier alpha value is -1.10. The fourth-order valence-electron chi connectivity index (χ4n) is 3.22. The van der Waals surface area contributed by atoms with Crippen molar-refractivity contribution < 1.29 is 19.4 Å². The highest BCUT2D eigenvalue weighted by Gasteiger charge is 2.36. The number of hydrogen-bond donors (Lipinski definition) is 1. The molecule has 5 heteroatoms. The van der Waals surface area contributed by atoms with Crippen molar-refractivity contribution in [1.29, 1.82) is 0 Å². The maximum absolute atomic E-state index is 12.4. The van der Waals surface area contributed by atoms with Gasteiger partial charge in [-0.3, -0.25) is 4.79 Å². The van der Waals surface area contributed by atoms with Crippen molar-refractivity contribution in [2.75, 3.05) is 13.2 Å². The van der Waals surface area contributed by atoms with E-state index in [2.05, 4.69) is 6.92 Å². The van der Waals surface area contributed by atoms with Crippen molar-refractivity contribution in [3.8, 4) is 0 Å². The molecule has 2 saturated heterocycles. The van der Waals surface area contributed by atoms with E-state index >= 15 is 0 Å². The number of piperidine rings is 1. The van der Waals surface area contributed by atoms with Crippen LogP contribution in [0.1, 0.15) is 51.9 Å². The first-order valence-electron chi connectivity index (χ1n) is 7.75. The standard InChI is InChI=1S/C15H25NO4/c1-2-11-6-7-16(13(9-11)15(18)19)14(17)10-12-5-3-4-8-20-12/h11-13H,2-10H2,1H3,(H,18,19). The van der Waals surface area contributed by atoms with Crippen LogP contribution in [0.5, 0.6) is 0 Å². The number of hydrogen-bond acceptors (Lipinski definition) is 3. The van der Waals surface area contributed by atoms with Crippen LogP contribution in [0.3, 0.4) is 0 Å². The molecule has 5 nitrogen and oxygen atoms in total. The number of aliphatic carboxylic acids is 1. The summed E-state index contributed by atoms with van der Waals surface area (Å²) in [6, 6.07) is -0.648. The second-order valence-electron chi connectivity index (χ2n) is 5.93. The van der Waals surface area contributed by atoms with Crippen LogP contribution >= 0.6 is 0 Å². The zero-order valence-electron chi connectivity index (χ0n) is 12.2. The number of likely N-dealkylation sites (tertiary alicyclic amines) is 1. The Morgan fingerprint density at radius 1 is 1.30 bits per heavy atom. The topological polar surface area (TPSA) is 66.8 Å². The van der Waals surface area contributed by atoms with Gasteiger partial charge in [-0.2, -0.15) is 0 Å². The summed E-state index contributed by atoms with van der Waals surface area (Å²) in [6.07, 6.45) is 5.87. The Kier molecular flexibility index (Phi) is 5.40. The molecule has 3 unspecified atom stereocenters. The van der Waals surface area contributed by atoms with Gasteiger partial charge in [-0.15, -0.1) is 0 Å². The Labute approximate surface area is 120 Å². The van der Waals surface area contributed by atoms with Crippen LogP contribution in [-0.4, -0.2) is 47.2 Å². The molecule has 3 atom stereocenters. The number of carbonyl (C=O) groups is 2. The number of rotatable bonds is 4. The van der Waals surface area contributed by atoms with Gasteiger partial charge in [0.1, 0.15) is 6.04 Å². The summed E-state index contributed by atoms with van der Waals surface area (Å²) in [5.41, 5.74) is 0. The van der Waals surface area contributed by atoms with Crippen molar-refractivity contribution in [2.45, 2.75) is 64.0 Å². The highest BCUT2D eigenvalue weighted by atomic mass is 16.5. The lowest BCUT2D eigenvalue weighted by atomic mass is 9.88. The lowest BCUT2D eigenvalue weighted by molar-refractivity contribution is -0.154. The Morgan fingerprint density at radius 3 is 2.70 bits per heavy atom. The van der Waals surface area contributed by atoms with E-state index in [1.807, 2.05) is 0 Å². The van der Waals surface area contributed by atoms with Gasteiger partial charge in [0.25, 0.3) is 0 Å². The zero-order valence-corrected chi connectivity index (χ0v) is 12.2. The van der Waals surface area contributed by atoms with E-state index in [0.717, 1.165) is 38.7 Å². The summed E-state index contributed by atoms with van der Waals surface area (Å²) in [7, 11) is 0. The van der Waals surface area contributed by atoms with Crippen LogP contribution in [0.25, 0.3) is 0 Å². The van der Waals surface area contributed by atoms with E-state index in [-0.39, 0.29) is 12.0 Å². The third-order valence-corrected chi connectivity index (χ3v) is 4.57. The number of carbonyl (C=O) groups excluding carboxylic acids is 1. The summed E-state index contributed by atoms with van der Waals surface area (Å²) in [5, 5.41) is 9.35. The van der Waals surface area contributed by atoms with Gasteiger partial charge in [0.05, 0.1) is 12.5 Å². The molecule has 0 aromatic heterocycles. The molecule has 0 bridgehead atoms. The first kappa shape index (κ1) is 15.3. The average Bonchev–Trinajstić information content (AvgIpc) is 2.47. The van der Waals surface area contributed by atoms with Crippen LogP contribution in [0.15, 0.2) is 0 Å². The van der Waals surface area contributed by atoms with Crippen molar-refractivity contribution in [2.24, 2.45) is 5.92 Å². The van der Waals surface area contributed by atoms with Gasteiger partial charge in [-0.05, 0) is 38.0 Å². The average molecular weight is 283 g/mol. The third kappa shape index (κ3) is 3.72. The minimum atomic E-state index is -0.874. The second kappa shape index (κ2) is 7.07. The second-order valence-corrected chi connectivity index (χ2v) is 5.93. The summed E-state index contributed by atoms with van der Waals surface area (Å²) >= 11 is 0. The predicted molar refractivity (Wildman–Crippen MR) is 74.4 cm³/mol. The minimum absolute atomic E-state index is 0.0189. The van der Waals surface area contributed by atoms with Gasteiger partial charge in [-0.1, -0.05) is 13.3 Å². The molecule has 1 N–H and O–H groups in total. The van der Waals surface area contributed by atoms with Gasteiger partial charge in [0.2, 0.25) is 5.91 Å². The van der Waals surface area contributed by atoms with Crippen molar-refractivity contribution in [1.82, 2.24) is 4.90 Å². The molecule has 0 aromatic rings. The number of carboxylic acids is 1. The molecule has 0 radical (unpaired) electrons. The predicted octanol–water partition coefficient (Wildman–Crippen LogP) is 2.05. The summed E-state index contributed by atoms with van der Waals surface area (Å²) < 4.78 is 5.58. The molecule has 2 aliphatic heterocycles. The normalized spacial score (nSPS) is 31.1. The van der Waals surface area contributed by atoms with Gasteiger partial charge in [0, 0.05) is 13.2 Å². The van der Waals surface area contributed by atoms with Crippen molar-refractivity contribution in [3.05, 3.63) is 0 Å². The number of carboxylic acid groups (broad SMARTS) is 1. The van der Waals surface area contributed by atoms with E-state index in [0.29, 0.717) is 25.3 Å². The molecule has 2 fully saturated rings. The smallest absolute Gasteiger partial charge is 0.326 e.